The van der Waals surface area contributed by atoms with Crippen LogP contribution in [0.3, 0.4) is 0 Å². The molecule has 1 atom stereocenters. The van der Waals surface area contributed by atoms with Crippen molar-refractivity contribution < 1.29 is 14.3 Å². The van der Waals surface area contributed by atoms with E-state index in [9.17, 15) is 4.79 Å². The summed E-state index contributed by atoms with van der Waals surface area (Å²) in [5.41, 5.74) is 0. The zero-order valence-corrected chi connectivity index (χ0v) is 13.2. The van der Waals surface area contributed by atoms with Gasteiger partial charge in [-0.1, -0.05) is 71.1 Å². The van der Waals surface area contributed by atoms with Gasteiger partial charge in [-0.15, -0.1) is 0 Å². The molecule has 0 aromatic rings. The predicted molar refractivity (Wildman–Crippen MR) is 81.5 cm³/mol. The predicted octanol–water partition coefficient (Wildman–Crippen LogP) is 4.98. The van der Waals surface area contributed by atoms with Crippen LogP contribution in [-0.2, 0) is 14.3 Å². The molecule has 1 rings (SSSR count). The molecular weight excluding hydrogens is 252 g/mol. The molecule has 0 saturated carbocycles. The maximum absolute atomic E-state index is 10.9. The first-order chi connectivity index (χ1) is 9.83. The average molecular weight is 284 g/mol. The first-order valence-corrected chi connectivity index (χ1v) is 8.64. The molecule has 0 aliphatic carbocycles. The van der Waals surface area contributed by atoms with Crippen molar-refractivity contribution in [2.75, 3.05) is 6.61 Å². The lowest BCUT2D eigenvalue weighted by molar-refractivity contribution is -0.162. The van der Waals surface area contributed by atoms with Crippen LogP contribution in [0.15, 0.2) is 0 Å². The second-order valence-electron chi connectivity index (χ2n) is 5.86. The third kappa shape index (κ3) is 9.35. The van der Waals surface area contributed by atoms with Crippen LogP contribution in [0.2, 0.25) is 0 Å². The summed E-state index contributed by atoms with van der Waals surface area (Å²) in [6, 6.07) is 0. The van der Waals surface area contributed by atoms with Gasteiger partial charge in [-0.3, -0.25) is 4.79 Å². The quantitative estimate of drug-likeness (QED) is 0.353. The summed E-state index contributed by atoms with van der Waals surface area (Å²) in [6.45, 7) is 3.00. The lowest BCUT2D eigenvalue weighted by atomic mass is 10.1. The summed E-state index contributed by atoms with van der Waals surface area (Å²) < 4.78 is 10.5. The Bertz CT molecular complexity index is 240. The molecule has 0 aromatic heterocycles. The minimum absolute atomic E-state index is 0.117. The Kier molecular flexibility index (Phi) is 10.7. The summed E-state index contributed by atoms with van der Waals surface area (Å²) >= 11 is 0. The van der Waals surface area contributed by atoms with Crippen molar-refractivity contribution in [2.24, 2.45) is 0 Å². The van der Waals surface area contributed by atoms with Crippen molar-refractivity contribution in [1.82, 2.24) is 0 Å². The second-order valence-corrected chi connectivity index (χ2v) is 5.86. The maximum atomic E-state index is 10.9. The molecule has 1 aliphatic rings. The number of cyclic esters (lactones) is 1. The van der Waals surface area contributed by atoms with Gasteiger partial charge in [0.15, 0.2) is 0 Å². The largest absolute Gasteiger partial charge is 0.436 e. The summed E-state index contributed by atoms with van der Waals surface area (Å²) in [4.78, 5) is 10.9. The zero-order chi connectivity index (χ0) is 14.5. The molecule has 3 heteroatoms. The Labute approximate surface area is 124 Å². The van der Waals surface area contributed by atoms with E-state index >= 15 is 0 Å². The van der Waals surface area contributed by atoms with Crippen LogP contribution in [0.25, 0.3) is 0 Å². The minimum Gasteiger partial charge on any atom is -0.436 e. The molecule has 0 N–H and O–H groups in total. The van der Waals surface area contributed by atoms with Gasteiger partial charge in [0.05, 0.1) is 13.0 Å². The molecule has 1 heterocycles. The van der Waals surface area contributed by atoms with Crippen LogP contribution < -0.4 is 0 Å². The van der Waals surface area contributed by atoms with E-state index in [1.54, 1.807) is 0 Å². The third-order valence-electron chi connectivity index (χ3n) is 3.90. The van der Waals surface area contributed by atoms with E-state index in [-0.39, 0.29) is 12.3 Å². The Morgan fingerprint density at radius 2 is 1.50 bits per heavy atom. The number of hydrogen-bond acceptors (Lipinski definition) is 3. The van der Waals surface area contributed by atoms with Gasteiger partial charge in [-0.05, 0) is 6.42 Å². The summed E-state index contributed by atoms with van der Waals surface area (Å²) in [5, 5.41) is 0. The average Bonchev–Trinajstić information content (AvgIpc) is 2.86. The Hall–Kier alpha value is -0.570. The highest BCUT2D eigenvalue weighted by Crippen LogP contribution is 2.16. The molecule has 0 bridgehead atoms. The second kappa shape index (κ2) is 12.2. The molecule has 0 spiro atoms. The van der Waals surface area contributed by atoms with Gasteiger partial charge in [0.2, 0.25) is 6.29 Å². The molecule has 0 radical (unpaired) electrons. The Morgan fingerprint density at radius 3 is 2.00 bits per heavy atom. The summed E-state index contributed by atoms with van der Waals surface area (Å²) in [5.74, 6) is -0.117. The number of carbonyl (C=O) groups excluding carboxylic acids is 1. The molecule has 0 aromatic carbocycles. The summed E-state index contributed by atoms with van der Waals surface area (Å²) in [7, 11) is 0. The van der Waals surface area contributed by atoms with Gasteiger partial charge in [0, 0.05) is 6.42 Å². The topological polar surface area (TPSA) is 35.5 Å². The molecule has 1 fully saturated rings. The summed E-state index contributed by atoms with van der Waals surface area (Å²) in [6.07, 6.45) is 15.7. The van der Waals surface area contributed by atoms with Crippen molar-refractivity contribution >= 4 is 5.97 Å². The number of ether oxygens (including phenoxy) is 2. The molecule has 0 amide bonds. The normalized spacial score (nSPS) is 18.4. The fourth-order valence-corrected chi connectivity index (χ4v) is 2.60. The van der Waals surface area contributed by atoms with Gasteiger partial charge >= 0.3 is 5.97 Å². The van der Waals surface area contributed by atoms with E-state index in [0.29, 0.717) is 6.42 Å². The van der Waals surface area contributed by atoms with Crippen LogP contribution >= 0.6 is 0 Å². The highest BCUT2D eigenvalue weighted by Gasteiger charge is 2.23. The van der Waals surface area contributed by atoms with Crippen LogP contribution in [0.4, 0.5) is 0 Å². The van der Waals surface area contributed by atoms with Crippen LogP contribution in [0.5, 0.6) is 0 Å². The van der Waals surface area contributed by atoms with Gasteiger partial charge in [0.1, 0.15) is 0 Å². The van der Waals surface area contributed by atoms with Crippen molar-refractivity contribution in [3.8, 4) is 0 Å². The van der Waals surface area contributed by atoms with Gasteiger partial charge in [0.25, 0.3) is 0 Å². The first-order valence-electron chi connectivity index (χ1n) is 8.64. The number of esters is 1. The molecule has 1 saturated heterocycles. The van der Waals surface area contributed by atoms with E-state index in [0.717, 1.165) is 19.4 Å². The van der Waals surface area contributed by atoms with Crippen LogP contribution in [0.1, 0.15) is 90.4 Å². The fraction of sp³-hybridized carbons (Fsp3) is 0.941. The standard InChI is InChI=1S/C17H32O3/c1-2-3-4-5-6-7-8-9-10-11-12-15-19-17-14-13-16(18)20-17/h17H,2-15H2,1H3. The minimum atomic E-state index is -0.259. The molecule has 20 heavy (non-hydrogen) atoms. The Balaban J connectivity index is 1.71. The van der Waals surface area contributed by atoms with Crippen molar-refractivity contribution in [1.29, 1.82) is 0 Å². The lowest BCUT2D eigenvalue weighted by Gasteiger charge is -2.10. The number of unbranched alkanes of at least 4 members (excludes halogenated alkanes) is 10. The molecular formula is C17H32O3. The zero-order valence-electron chi connectivity index (χ0n) is 13.2. The maximum Gasteiger partial charge on any atom is 0.308 e. The van der Waals surface area contributed by atoms with E-state index in [1.807, 2.05) is 0 Å². The Morgan fingerprint density at radius 1 is 0.950 bits per heavy atom. The molecule has 3 nitrogen and oxygen atoms in total. The first kappa shape index (κ1) is 17.5. The van der Waals surface area contributed by atoms with E-state index in [4.69, 9.17) is 9.47 Å². The van der Waals surface area contributed by atoms with Crippen LogP contribution in [0, 0.1) is 0 Å². The third-order valence-corrected chi connectivity index (χ3v) is 3.90. The van der Waals surface area contributed by atoms with Crippen molar-refractivity contribution in [3.63, 3.8) is 0 Å². The SMILES string of the molecule is CCCCCCCCCCCCCOC1CCC(=O)O1. The van der Waals surface area contributed by atoms with E-state index in [2.05, 4.69) is 6.92 Å². The van der Waals surface area contributed by atoms with E-state index in [1.165, 1.54) is 64.2 Å². The van der Waals surface area contributed by atoms with Crippen molar-refractivity contribution in [3.05, 3.63) is 0 Å². The number of rotatable bonds is 13. The lowest BCUT2D eigenvalue weighted by Crippen LogP contribution is -2.12. The highest BCUT2D eigenvalue weighted by atomic mass is 16.7. The fourth-order valence-electron chi connectivity index (χ4n) is 2.60. The van der Waals surface area contributed by atoms with Crippen LogP contribution in [-0.4, -0.2) is 18.9 Å². The molecule has 118 valence electrons. The van der Waals surface area contributed by atoms with E-state index < -0.39 is 0 Å². The molecule has 1 aliphatic heterocycles. The van der Waals surface area contributed by atoms with Crippen molar-refractivity contribution in [2.45, 2.75) is 96.7 Å². The number of carbonyl (C=O) groups is 1. The molecule has 1 unspecified atom stereocenters. The van der Waals surface area contributed by atoms with Gasteiger partial charge in [-0.25, -0.2) is 0 Å². The number of hydrogen-bond donors (Lipinski definition) is 0. The monoisotopic (exact) mass is 284 g/mol. The smallest absolute Gasteiger partial charge is 0.308 e. The highest BCUT2D eigenvalue weighted by molar-refractivity contribution is 5.71. The van der Waals surface area contributed by atoms with Gasteiger partial charge < -0.3 is 9.47 Å². The van der Waals surface area contributed by atoms with Gasteiger partial charge in [-0.2, -0.15) is 0 Å².